The third-order valence-electron chi connectivity index (χ3n) is 2.90. The number of anilines is 1. The van der Waals surface area contributed by atoms with Crippen LogP contribution in [0.1, 0.15) is 12.8 Å². The first kappa shape index (κ1) is 14.7. The van der Waals surface area contributed by atoms with Crippen molar-refractivity contribution in [3.8, 4) is 0 Å². The molecule has 6 nitrogen and oxygen atoms in total. The van der Waals surface area contributed by atoms with Crippen LogP contribution in [0.5, 0.6) is 0 Å². The van der Waals surface area contributed by atoms with E-state index in [2.05, 4.69) is 31.9 Å². The van der Waals surface area contributed by atoms with Gasteiger partial charge in [-0.2, -0.15) is 0 Å². The summed E-state index contributed by atoms with van der Waals surface area (Å²) < 4.78 is 0.786. The SMILES string of the molecule is O=C1CCC(NCC(=O)Nc2ccccc2Br)C(=O)N1. The van der Waals surface area contributed by atoms with Gasteiger partial charge in [-0.15, -0.1) is 0 Å². The molecule has 0 bridgehead atoms. The number of piperidine rings is 1. The van der Waals surface area contributed by atoms with Gasteiger partial charge >= 0.3 is 0 Å². The first-order chi connectivity index (χ1) is 9.56. The Morgan fingerprint density at radius 2 is 2.10 bits per heavy atom. The van der Waals surface area contributed by atoms with Gasteiger partial charge < -0.3 is 5.32 Å². The van der Waals surface area contributed by atoms with Crippen molar-refractivity contribution in [2.75, 3.05) is 11.9 Å². The highest BCUT2D eigenvalue weighted by Crippen LogP contribution is 2.20. The number of para-hydroxylation sites is 1. The molecule has 7 heteroatoms. The second kappa shape index (κ2) is 6.62. The predicted octanol–water partition coefficient (Wildman–Crippen LogP) is 0.782. The summed E-state index contributed by atoms with van der Waals surface area (Å²) in [5, 5.41) is 7.80. The summed E-state index contributed by atoms with van der Waals surface area (Å²) in [4.78, 5) is 34.3. The summed E-state index contributed by atoms with van der Waals surface area (Å²) in [5.74, 6) is -0.901. The molecule has 3 amide bonds. The first-order valence-corrected chi connectivity index (χ1v) is 6.97. The van der Waals surface area contributed by atoms with E-state index in [4.69, 9.17) is 0 Å². The molecule has 0 radical (unpaired) electrons. The molecule has 106 valence electrons. The monoisotopic (exact) mass is 339 g/mol. The Hall–Kier alpha value is -1.73. The van der Waals surface area contributed by atoms with Gasteiger partial charge in [0.1, 0.15) is 0 Å². The highest BCUT2D eigenvalue weighted by Gasteiger charge is 2.26. The number of halogens is 1. The lowest BCUT2D eigenvalue weighted by atomic mass is 10.1. The van der Waals surface area contributed by atoms with Gasteiger partial charge in [-0.1, -0.05) is 12.1 Å². The molecular formula is C13H14BrN3O3. The minimum atomic E-state index is -0.502. The predicted molar refractivity (Wildman–Crippen MR) is 76.9 cm³/mol. The molecule has 1 heterocycles. The molecule has 1 aliphatic rings. The summed E-state index contributed by atoms with van der Waals surface area (Å²) in [5.41, 5.74) is 0.669. The van der Waals surface area contributed by atoms with Crippen LogP contribution in [-0.4, -0.2) is 30.3 Å². The van der Waals surface area contributed by atoms with E-state index in [0.29, 0.717) is 12.1 Å². The zero-order valence-electron chi connectivity index (χ0n) is 10.6. The van der Waals surface area contributed by atoms with Crippen molar-refractivity contribution >= 4 is 39.3 Å². The Bertz CT molecular complexity index is 547. The zero-order chi connectivity index (χ0) is 14.5. The van der Waals surface area contributed by atoms with Gasteiger partial charge in [0.15, 0.2) is 0 Å². The van der Waals surface area contributed by atoms with Crippen molar-refractivity contribution in [1.29, 1.82) is 0 Å². The second-order valence-corrected chi connectivity index (χ2v) is 5.27. The van der Waals surface area contributed by atoms with Gasteiger partial charge in [-0.05, 0) is 34.5 Å². The van der Waals surface area contributed by atoms with Gasteiger partial charge in [-0.3, -0.25) is 25.0 Å². The summed E-state index contributed by atoms with van der Waals surface area (Å²) in [6.07, 6.45) is 0.697. The topological polar surface area (TPSA) is 87.3 Å². The summed E-state index contributed by atoms with van der Waals surface area (Å²) >= 11 is 3.33. The molecule has 1 aromatic rings. The maximum Gasteiger partial charge on any atom is 0.243 e. The molecule has 0 aromatic heterocycles. The van der Waals surface area contributed by atoms with Crippen LogP contribution in [0.4, 0.5) is 5.69 Å². The maximum absolute atomic E-state index is 11.8. The number of amides is 3. The fourth-order valence-corrected chi connectivity index (χ4v) is 2.25. The van der Waals surface area contributed by atoms with Crippen LogP contribution < -0.4 is 16.0 Å². The zero-order valence-corrected chi connectivity index (χ0v) is 12.2. The van der Waals surface area contributed by atoms with Crippen LogP contribution in [0, 0.1) is 0 Å². The molecule has 1 saturated heterocycles. The lowest BCUT2D eigenvalue weighted by Gasteiger charge is -2.21. The van der Waals surface area contributed by atoms with E-state index >= 15 is 0 Å². The molecule has 20 heavy (non-hydrogen) atoms. The number of benzene rings is 1. The van der Waals surface area contributed by atoms with Crippen molar-refractivity contribution in [1.82, 2.24) is 10.6 Å². The van der Waals surface area contributed by atoms with Gasteiger partial charge in [0, 0.05) is 10.9 Å². The second-order valence-electron chi connectivity index (χ2n) is 4.41. The van der Waals surface area contributed by atoms with Crippen molar-refractivity contribution < 1.29 is 14.4 Å². The lowest BCUT2D eigenvalue weighted by molar-refractivity contribution is -0.134. The van der Waals surface area contributed by atoms with Crippen molar-refractivity contribution in [2.24, 2.45) is 0 Å². The van der Waals surface area contributed by atoms with E-state index in [1.165, 1.54) is 0 Å². The average molecular weight is 340 g/mol. The molecule has 1 fully saturated rings. The molecule has 3 N–H and O–H groups in total. The standard InChI is InChI=1S/C13H14BrN3O3/c14-8-3-1-2-4-9(8)16-12(19)7-15-10-5-6-11(18)17-13(10)20/h1-4,10,15H,5-7H2,(H,16,19)(H,17,18,20). The van der Waals surface area contributed by atoms with E-state index in [0.717, 1.165) is 4.47 Å². The third-order valence-corrected chi connectivity index (χ3v) is 3.59. The number of rotatable bonds is 4. The fourth-order valence-electron chi connectivity index (χ4n) is 1.86. The smallest absolute Gasteiger partial charge is 0.243 e. The quantitative estimate of drug-likeness (QED) is 0.707. The molecule has 1 aromatic carbocycles. The van der Waals surface area contributed by atoms with Crippen molar-refractivity contribution in [3.05, 3.63) is 28.7 Å². The molecule has 2 rings (SSSR count). The normalized spacial score (nSPS) is 18.6. The number of hydrogen-bond acceptors (Lipinski definition) is 4. The summed E-state index contributed by atoms with van der Waals surface area (Å²) in [6, 6.07) is 6.75. The Balaban J connectivity index is 1.82. The average Bonchev–Trinajstić information content (AvgIpc) is 2.40. The highest BCUT2D eigenvalue weighted by atomic mass is 79.9. The summed E-state index contributed by atoms with van der Waals surface area (Å²) in [7, 11) is 0. The third kappa shape index (κ3) is 3.88. The maximum atomic E-state index is 11.8. The Kier molecular flexibility index (Phi) is 4.86. The molecule has 0 aliphatic carbocycles. The van der Waals surface area contributed by atoms with E-state index in [-0.39, 0.29) is 30.7 Å². The largest absolute Gasteiger partial charge is 0.324 e. The molecule has 0 spiro atoms. The van der Waals surface area contributed by atoms with Gasteiger partial charge in [0.25, 0.3) is 0 Å². The van der Waals surface area contributed by atoms with Crippen LogP contribution in [0.25, 0.3) is 0 Å². The number of hydrogen-bond donors (Lipinski definition) is 3. The highest BCUT2D eigenvalue weighted by molar-refractivity contribution is 9.10. The number of carbonyl (C=O) groups is 3. The van der Waals surface area contributed by atoms with Crippen LogP contribution >= 0.6 is 15.9 Å². The minimum Gasteiger partial charge on any atom is -0.324 e. The van der Waals surface area contributed by atoms with E-state index in [9.17, 15) is 14.4 Å². The first-order valence-electron chi connectivity index (χ1n) is 6.17. The lowest BCUT2D eigenvalue weighted by Crippen LogP contribution is -2.52. The number of imide groups is 1. The van der Waals surface area contributed by atoms with Crippen LogP contribution in [0.3, 0.4) is 0 Å². The fraction of sp³-hybridized carbons (Fsp3) is 0.308. The Morgan fingerprint density at radius 1 is 1.35 bits per heavy atom. The Morgan fingerprint density at radius 3 is 2.80 bits per heavy atom. The molecular weight excluding hydrogens is 326 g/mol. The molecule has 1 atom stereocenters. The number of carbonyl (C=O) groups excluding carboxylic acids is 3. The number of nitrogens with one attached hydrogen (secondary N) is 3. The molecule has 1 aliphatic heterocycles. The van der Waals surface area contributed by atoms with E-state index < -0.39 is 6.04 Å². The van der Waals surface area contributed by atoms with E-state index in [1.807, 2.05) is 18.2 Å². The van der Waals surface area contributed by atoms with Crippen molar-refractivity contribution in [3.63, 3.8) is 0 Å². The van der Waals surface area contributed by atoms with Crippen LogP contribution in [0.2, 0.25) is 0 Å². The molecule has 0 saturated carbocycles. The molecule has 1 unspecified atom stereocenters. The van der Waals surface area contributed by atoms with E-state index in [1.54, 1.807) is 6.07 Å². The van der Waals surface area contributed by atoms with Crippen LogP contribution in [-0.2, 0) is 14.4 Å². The van der Waals surface area contributed by atoms with Gasteiger partial charge in [-0.25, -0.2) is 0 Å². The van der Waals surface area contributed by atoms with Crippen molar-refractivity contribution in [2.45, 2.75) is 18.9 Å². The summed E-state index contributed by atoms with van der Waals surface area (Å²) in [6.45, 7) is 0.00755. The van der Waals surface area contributed by atoms with Crippen LogP contribution in [0.15, 0.2) is 28.7 Å². The minimum absolute atomic E-state index is 0.00755. The van der Waals surface area contributed by atoms with Gasteiger partial charge in [0.05, 0.1) is 18.3 Å². The Labute approximate surface area is 124 Å². The van der Waals surface area contributed by atoms with Gasteiger partial charge in [0.2, 0.25) is 17.7 Å².